The Morgan fingerprint density at radius 2 is 2.09 bits per heavy atom. The number of anilines is 1. The van der Waals surface area contributed by atoms with Gasteiger partial charge >= 0.3 is 5.97 Å². The third-order valence-corrected chi connectivity index (χ3v) is 3.45. The summed E-state index contributed by atoms with van der Waals surface area (Å²) in [6, 6.07) is 4.77. The number of nitrogens with zero attached hydrogens (tertiary/aromatic N) is 2. The zero-order valence-corrected chi connectivity index (χ0v) is 12.9. The average molecular weight is 301 g/mol. The molecule has 0 aliphatic heterocycles. The summed E-state index contributed by atoms with van der Waals surface area (Å²) in [5.74, 6) is -1.11. The Bertz CT molecular complexity index is 719. The number of nitrogens with one attached hydrogen (secondary N) is 1. The first-order chi connectivity index (χ1) is 10.4. The minimum atomic E-state index is -0.970. The first kappa shape index (κ1) is 15.8. The largest absolute Gasteiger partial charge is 0.478 e. The van der Waals surface area contributed by atoms with E-state index in [1.165, 1.54) is 6.07 Å². The molecule has 2 aromatic rings. The maximum absolute atomic E-state index is 12.2. The molecule has 116 valence electrons. The number of aryl methyl sites for hydroxylation is 3. The molecule has 0 unspecified atom stereocenters. The Kier molecular flexibility index (Phi) is 4.60. The lowest BCUT2D eigenvalue weighted by Crippen LogP contribution is -2.16. The summed E-state index contributed by atoms with van der Waals surface area (Å²) in [5.41, 5.74) is 3.38. The molecular formula is C16H19N3O3. The molecule has 0 bridgehead atoms. The van der Waals surface area contributed by atoms with Crippen molar-refractivity contribution >= 4 is 17.6 Å². The summed E-state index contributed by atoms with van der Waals surface area (Å²) in [5, 5.41) is 16.1. The van der Waals surface area contributed by atoms with Crippen LogP contribution in [0.2, 0.25) is 0 Å². The summed E-state index contributed by atoms with van der Waals surface area (Å²) >= 11 is 0. The normalized spacial score (nSPS) is 10.5. The summed E-state index contributed by atoms with van der Waals surface area (Å²) in [4.78, 5) is 23.1. The van der Waals surface area contributed by atoms with Crippen LogP contribution in [-0.4, -0.2) is 26.8 Å². The topological polar surface area (TPSA) is 84.2 Å². The molecule has 1 heterocycles. The zero-order chi connectivity index (χ0) is 16.3. The second-order valence-corrected chi connectivity index (χ2v) is 5.19. The van der Waals surface area contributed by atoms with Gasteiger partial charge in [-0.1, -0.05) is 13.0 Å². The van der Waals surface area contributed by atoms with Crippen molar-refractivity contribution in [3.8, 4) is 0 Å². The molecule has 22 heavy (non-hydrogen) atoms. The smallest absolute Gasteiger partial charge is 0.335 e. The first-order valence-corrected chi connectivity index (χ1v) is 7.06. The van der Waals surface area contributed by atoms with Crippen molar-refractivity contribution < 1.29 is 14.7 Å². The summed E-state index contributed by atoms with van der Waals surface area (Å²) in [6.45, 7) is 3.78. The Balaban J connectivity index is 2.10. The zero-order valence-electron chi connectivity index (χ0n) is 12.9. The Morgan fingerprint density at radius 1 is 1.36 bits per heavy atom. The highest BCUT2D eigenvalue weighted by Gasteiger charge is 2.12. The van der Waals surface area contributed by atoms with E-state index in [-0.39, 0.29) is 17.9 Å². The number of carbonyl (C=O) groups is 2. The maximum atomic E-state index is 12.2. The number of hydrogen-bond donors (Lipinski definition) is 2. The predicted molar refractivity (Wildman–Crippen MR) is 83.1 cm³/mol. The van der Waals surface area contributed by atoms with Crippen molar-refractivity contribution in [3.63, 3.8) is 0 Å². The molecule has 6 heteroatoms. The van der Waals surface area contributed by atoms with Crippen LogP contribution in [0.1, 0.15) is 34.1 Å². The molecule has 0 saturated heterocycles. The fourth-order valence-corrected chi connectivity index (χ4v) is 2.29. The van der Waals surface area contributed by atoms with Gasteiger partial charge in [0.15, 0.2) is 0 Å². The van der Waals surface area contributed by atoms with Gasteiger partial charge in [-0.05, 0) is 36.6 Å². The Labute approximate surface area is 128 Å². The van der Waals surface area contributed by atoms with Gasteiger partial charge in [0.05, 0.1) is 23.4 Å². The van der Waals surface area contributed by atoms with Gasteiger partial charge in [-0.15, -0.1) is 0 Å². The lowest BCUT2D eigenvalue weighted by molar-refractivity contribution is -0.115. The average Bonchev–Trinajstić information content (AvgIpc) is 2.80. The van der Waals surface area contributed by atoms with Crippen molar-refractivity contribution in [3.05, 3.63) is 46.8 Å². The van der Waals surface area contributed by atoms with E-state index in [4.69, 9.17) is 5.11 Å². The van der Waals surface area contributed by atoms with E-state index in [0.717, 1.165) is 28.9 Å². The van der Waals surface area contributed by atoms with Gasteiger partial charge < -0.3 is 10.4 Å². The highest BCUT2D eigenvalue weighted by Crippen LogP contribution is 2.16. The highest BCUT2D eigenvalue weighted by molar-refractivity contribution is 5.93. The number of hydrogen-bond acceptors (Lipinski definition) is 3. The molecule has 0 spiro atoms. The molecule has 0 saturated carbocycles. The highest BCUT2D eigenvalue weighted by atomic mass is 16.4. The fraction of sp³-hybridized carbons (Fsp3) is 0.312. The molecule has 2 rings (SSSR count). The minimum Gasteiger partial charge on any atom is -0.478 e. The van der Waals surface area contributed by atoms with Crippen molar-refractivity contribution in [1.82, 2.24) is 9.78 Å². The molecule has 6 nitrogen and oxygen atoms in total. The van der Waals surface area contributed by atoms with Crippen molar-refractivity contribution in [2.45, 2.75) is 26.7 Å². The standard InChI is InChI=1S/C16H19N3O3/c1-4-13-14(9-19(3)18-13)17-15(20)8-11-5-6-12(16(21)22)7-10(11)2/h5-7,9H,4,8H2,1-3H3,(H,17,20)(H,21,22). The van der Waals surface area contributed by atoms with Crippen LogP contribution < -0.4 is 5.32 Å². The summed E-state index contributed by atoms with van der Waals surface area (Å²) in [6.07, 6.45) is 2.71. The van der Waals surface area contributed by atoms with E-state index >= 15 is 0 Å². The van der Waals surface area contributed by atoms with Gasteiger partial charge in [0, 0.05) is 13.2 Å². The number of carboxylic acid groups (broad SMARTS) is 1. The molecule has 0 aliphatic rings. The Hall–Kier alpha value is -2.63. The van der Waals surface area contributed by atoms with Crippen molar-refractivity contribution in [2.75, 3.05) is 5.32 Å². The van der Waals surface area contributed by atoms with Gasteiger partial charge in [0.1, 0.15) is 0 Å². The molecular weight excluding hydrogens is 282 g/mol. The monoisotopic (exact) mass is 301 g/mol. The van der Waals surface area contributed by atoms with E-state index in [2.05, 4.69) is 10.4 Å². The molecule has 1 amide bonds. The third-order valence-electron chi connectivity index (χ3n) is 3.45. The number of benzene rings is 1. The van der Waals surface area contributed by atoms with Crippen LogP contribution in [0.4, 0.5) is 5.69 Å². The maximum Gasteiger partial charge on any atom is 0.335 e. The number of carbonyl (C=O) groups excluding carboxylic acids is 1. The van der Waals surface area contributed by atoms with E-state index in [1.807, 2.05) is 14.0 Å². The van der Waals surface area contributed by atoms with Gasteiger partial charge in [0.2, 0.25) is 5.91 Å². The van der Waals surface area contributed by atoms with Crippen LogP contribution in [0.15, 0.2) is 24.4 Å². The van der Waals surface area contributed by atoms with E-state index in [0.29, 0.717) is 0 Å². The molecule has 0 aliphatic carbocycles. The van der Waals surface area contributed by atoms with Crippen molar-refractivity contribution in [2.24, 2.45) is 7.05 Å². The van der Waals surface area contributed by atoms with Gasteiger partial charge in [-0.3, -0.25) is 9.48 Å². The quantitative estimate of drug-likeness (QED) is 0.886. The second kappa shape index (κ2) is 6.43. The van der Waals surface area contributed by atoms with Gasteiger partial charge in [0.25, 0.3) is 0 Å². The molecule has 2 N–H and O–H groups in total. The molecule has 0 fully saturated rings. The molecule has 1 aromatic carbocycles. The lowest BCUT2D eigenvalue weighted by Gasteiger charge is -2.08. The molecule has 1 aromatic heterocycles. The number of amides is 1. The SMILES string of the molecule is CCc1nn(C)cc1NC(=O)Cc1ccc(C(=O)O)cc1C. The fourth-order valence-electron chi connectivity index (χ4n) is 2.29. The van der Waals surface area contributed by atoms with Crippen LogP contribution in [0.25, 0.3) is 0 Å². The lowest BCUT2D eigenvalue weighted by atomic mass is 10.0. The van der Waals surface area contributed by atoms with Gasteiger partial charge in [-0.25, -0.2) is 4.79 Å². The molecule has 0 radical (unpaired) electrons. The number of rotatable bonds is 5. The number of carboxylic acids is 1. The second-order valence-electron chi connectivity index (χ2n) is 5.19. The van der Waals surface area contributed by atoms with Crippen LogP contribution in [0.5, 0.6) is 0 Å². The van der Waals surface area contributed by atoms with Crippen LogP contribution >= 0.6 is 0 Å². The predicted octanol–water partition coefficient (Wildman–Crippen LogP) is 2.17. The first-order valence-electron chi connectivity index (χ1n) is 7.06. The number of aromatic carboxylic acids is 1. The number of aromatic nitrogens is 2. The summed E-state index contributed by atoms with van der Waals surface area (Å²) in [7, 11) is 1.81. The van der Waals surface area contributed by atoms with Crippen LogP contribution in [-0.2, 0) is 24.7 Å². The van der Waals surface area contributed by atoms with Gasteiger partial charge in [-0.2, -0.15) is 5.10 Å². The van der Waals surface area contributed by atoms with E-state index in [1.54, 1.807) is 29.9 Å². The van der Waals surface area contributed by atoms with E-state index in [9.17, 15) is 9.59 Å². The Morgan fingerprint density at radius 3 is 2.68 bits per heavy atom. The van der Waals surface area contributed by atoms with E-state index < -0.39 is 5.97 Å². The van der Waals surface area contributed by atoms with Crippen LogP contribution in [0.3, 0.4) is 0 Å². The third kappa shape index (κ3) is 3.52. The van der Waals surface area contributed by atoms with Crippen LogP contribution in [0, 0.1) is 6.92 Å². The van der Waals surface area contributed by atoms with Crippen molar-refractivity contribution in [1.29, 1.82) is 0 Å². The summed E-state index contributed by atoms with van der Waals surface area (Å²) < 4.78 is 1.67. The minimum absolute atomic E-state index is 0.145. The molecule has 0 atom stereocenters.